The second kappa shape index (κ2) is 3.53. The summed E-state index contributed by atoms with van der Waals surface area (Å²) < 4.78 is 17.5. The van der Waals surface area contributed by atoms with Gasteiger partial charge in [0.25, 0.3) is 5.91 Å². The number of primary amides is 1. The quantitative estimate of drug-likeness (QED) is 0.810. The molecule has 0 aromatic carbocycles. The Morgan fingerprint density at radius 1 is 1.40 bits per heavy atom. The molecule has 0 aliphatic rings. The average molecular weight is 206 g/mol. The molecular formula is C10H7FN2O2. The van der Waals surface area contributed by atoms with Crippen LogP contribution in [0.1, 0.15) is 10.6 Å². The highest BCUT2D eigenvalue weighted by molar-refractivity contribution is 5.96. The zero-order valence-corrected chi connectivity index (χ0v) is 7.61. The third-order valence-electron chi connectivity index (χ3n) is 1.89. The van der Waals surface area contributed by atoms with E-state index in [-0.39, 0.29) is 5.76 Å². The third kappa shape index (κ3) is 1.71. The minimum Gasteiger partial charge on any atom is -0.458 e. The number of halogens is 1. The molecule has 1 amide bonds. The summed E-state index contributed by atoms with van der Waals surface area (Å²) >= 11 is 0. The summed E-state index contributed by atoms with van der Waals surface area (Å²) in [6.07, 6.45) is 2.40. The molecule has 0 unspecified atom stereocenters. The van der Waals surface area contributed by atoms with Crippen molar-refractivity contribution in [2.24, 2.45) is 5.73 Å². The predicted octanol–water partition coefficient (Wildman–Crippen LogP) is 1.58. The van der Waals surface area contributed by atoms with Crippen LogP contribution in [0.25, 0.3) is 11.3 Å². The number of nitrogens with zero attached hydrogens (tertiary/aromatic N) is 1. The smallest absolute Gasteiger partial charge is 0.285 e. The molecule has 2 aromatic rings. The number of hydrogen-bond acceptors (Lipinski definition) is 3. The third-order valence-corrected chi connectivity index (χ3v) is 1.89. The van der Waals surface area contributed by atoms with E-state index in [1.54, 1.807) is 6.07 Å². The van der Waals surface area contributed by atoms with Crippen LogP contribution < -0.4 is 5.73 Å². The Hall–Kier alpha value is -2.17. The maximum Gasteiger partial charge on any atom is 0.285 e. The lowest BCUT2D eigenvalue weighted by molar-refractivity contribution is 0.0975. The lowest BCUT2D eigenvalue weighted by Crippen LogP contribution is -2.10. The van der Waals surface area contributed by atoms with Gasteiger partial charge in [0.1, 0.15) is 5.82 Å². The topological polar surface area (TPSA) is 69.1 Å². The Labute approximate surface area is 84.5 Å². The van der Waals surface area contributed by atoms with Gasteiger partial charge in [0.05, 0.1) is 23.7 Å². The Bertz CT molecular complexity index is 490. The second-order valence-corrected chi connectivity index (χ2v) is 2.89. The van der Waals surface area contributed by atoms with Gasteiger partial charge in [-0.15, -0.1) is 0 Å². The molecule has 2 aromatic heterocycles. The molecule has 0 atom stereocenters. The number of carbonyl (C=O) groups excluding carboxylic acids is 1. The molecule has 2 heterocycles. The molecule has 76 valence electrons. The fourth-order valence-corrected chi connectivity index (χ4v) is 1.24. The van der Waals surface area contributed by atoms with Crippen LogP contribution in [-0.4, -0.2) is 10.9 Å². The fourth-order valence-electron chi connectivity index (χ4n) is 1.24. The van der Waals surface area contributed by atoms with Crippen molar-refractivity contribution in [2.45, 2.75) is 0 Å². The summed E-state index contributed by atoms with van der Waals surface area (Å²) in [5.41, 5.74) is 6.00. The summed E-state index contributed by atoms with van der Waals surface area (Å²) in [5.74, 6) is -1.10. The molecule has 0 aliphatic heterocycles. The molecule has 0 spiro atoms. The number of amides is 1. The Kier molecular flexibility index (Phi) is 2.21. The number of hydrogen-bond donors (Lipinski definition) is 1. The Morgan fingerprint density at radius 3 is 2.80 bits per heavy atom. The van der Waals surface area contributed by atoms with Gasteiger partial charge in [-0.2, -0.15) is 0 Å². The van der Waals surface area contributed by atoms with Crippen molar-refractivity contribution in [1.82, 2.24) is 4.98 Å². The van der Waals surface area contributed by atoms with Crippen LogP contribution in [-0.2, 0) is 0 Å². The monoisotopic (exact) mass is 206 g/mol. The molecule has 0 fully saturated rings. The molecule has 2 rings (SSSR count). The molecule has 2 N–H and O–H groups in total. The van der Waals surface area contributed by atoms with Crippen LogP contribution in [0.2, 0.25) is 0 Å². The minimum absolute atomic E-state index is 0.0223. The highest BCUT2D eigenvalue weighted by atomic mass is 19.1. The SMILES string of the molecule is NC(=O)c1occc1-c1ccc(F)cn1. The van der Waals surface area contributed by atoms with Crippen LogP contribution in [0, 0.1) is 5.82 Å². The van der Waals surface area contributed by atoms with Crippen molar-refractivity contribution < 1.29 is 13.6 Å². The van der Waals surface area contributed by atoms with Crippen LogP contribution >= 0.6 is 0 Å². The highest BCUT2D eigenvalue weighted by Crippen LogP contribution is 2.22. The number of nitrogens with two attached hydrogens (primary N) is 1. The molecule has 15 heavy (non-hydrogen) atoms. The van der Waals surface area contributed by atoms with Crippen LogP contribution in [0.5, 0.6) is 0 Å². The number of aromatic nitrogens is 1. The number of carbonyl (C=O) groups is 1. The van der Waals surface area contributed by atoms with Gasteiger partial charge < -0.3 is 10.2 Å². The van der Waals surface area contributed by atoms with Gasteiger partial charge in [-0.25, -0.2) is 4.39 Å². The number of pyridine rings is 1. The van der Waals surface area contributed by atoms with Gasteiger partial charge >= 0.3 is 0 Å². The summed E-state index contributed by atoms with van der Waals surface area (Å²) in [5, 5.41) is 0. The predicted molar refractivity (Wildman–Crippen MR) is 50.4 cm³/mol. The molecular weight excluding hydrogens is 199 g/mol. The van der Waals surface area contributed by atoms with Gasteiger partial charge in [0.15, 0.2) is 5.76 Å². The van der Waals surface area contributed by atoms with E-state index in [2.05, 4.69) is 4.98 Å². The molecule has 5 heteroatoms. The summed E-state index contributed by atoms with van der Waals surface area (Å²) in [4.78, 5) is 14.8. The lowest BCUT2D eigenvalue weighted by atomic mass is 10.1. The maximum atomic E-state index is 12.6. The van der Waals surface area contributed by atoms with Crippen LogP contribution in [0.3, 0.4) is 0 Å². The number of rotatable bonds is 2. The largest absolute Gasteiger partial charge is 0.458 e. The van der Waals surface area contributed by atoms with E-state index in [9.17, 15) is 9.18 Å². The summed E-state index contributed by atoms with van der Waals surface area (Å²) in [7, 11) is 0. The number of furan rings is 1. The summed E-state index contributed by atoms with van der Waals surface area (Å²) in [6.45, 7) is 0. The first-order chi connectivity index (χ1) is 7.18. The van der Waals surface area contributed by atoms with Gasteiger partial charge in [-0.3, -0.25) is 9.78 Å². The standard InChI is InChI=1S/C10H7FN2O2/c11-6-1-2-8(13-5-6)7-3-4-15-9(7)10(12)14/h1-5H,(H2,12,14). The summed E-state index contributed by atoms with van der Waals surface area (Å²) in [6, 6.07) is 4.26. The lowest BCUT2D eigenvalue weighted by Gasteiger charge is -1.98. The average Bonchev–Trinajstić information content (AvgIpc) is 2.67. The van der Waals surface area contributed by atoms with Gasteiger partial charge in [-0.1, -0.05) is 0 Å². The first kappa shape index (κ1) is 9.39. The molecule has 0 saturated heterocycles. The highest BCUT2D eigenvalue weighted by Gasteiger charge is 2.14. The van der Waals surface area contributed by atoms with Crippen molar-refractivity contribution >= 4 is 5.91 Å². The van der Waals surface area contributed by atoms with Crippen molar-refractivity contribution in [3.63, 3.8) is 0 Å². The van der Waals surface area contributed by atoms with Crippen molar-refractivity contribution in [3.8, 4) is 11.3 Å². The normalized spacial score (nSPS) is 10.2. The van der Waals surface area contributed by atoms with Gasteiger partial charge in [-0.05, 0) is 18.2 Å². The van der Waals surface area contributed by atoms with Crippen LogP contribution in [0.15, 0.2) is 35.1 Å². The molecule has 4 nitrogen and oxygen atoms in total. The molecule has 0 bridgehead atoms. The van der Waals surface area contributed by atoms with E-state index in [0.29, 0.717) is 11.3 Å². The molecule has 0 aliphatic carbocycles. The fraction of sp³-hybridized carbons (Fsp3) is 0. The van der Waals surface area contributed by atoms with Crippen molar-refractivity contribution in [3.05, 3.63) is 42.2 Å². The van der Waals surface area contributed by atoms with E-state index in [0.717, 1.165) is 6.20 Å². The minimum atomic E-state index is -0.680. The van der Waals surface area contributed by atoms with Gasteiger partial charge in [0, 0.05) is 0 Å². The van der Waals surface area contributed by atoms with E-state index in [1.165, 1.54) is 18.4 Å². The van der Waals surface area contributed by atoms with E-state index in [4.69, 9.17) is 10.2 Å². The first-order valence-electron chi connectivity index (χ1n) is 4.17. The molecule has 0 radical (unpaired) electrons. The van der Waals surface area contributed by atoms with Gasteiger partial charge in [0.2, 0.25) is 0 Å². The zero-order valence-electron chi connectivity index (χ0n) is 7.61. The zero-order chi connectivity index (χ0) is 10.8. The van der Waals surface area contributed by atoms with E-state index < -0.39 is 11.7 Å². The van der Waals surface area contributed by atoms with E-state index >= 15 is 0 Å². The second-order valence-electron chi connectivity index (χ2n) is 2.89. The van der Waals surface area contributed by atoms with Crippen molar-refractivity contribution in [1.29, 1.82) is 0 Å². The Morgan fingerprint density at radius 2 is 2.20 bits per heavy atom. The maximum absolute atomic E-state index is 12.6. The molecule has 0 saturated carbocycles. The van der Waals surface area contributed by atoms with Crippen molar-refractivity contribution in [2.75, 3.05) is 0 Å². The van der Waals surface area contributed by atoms with E-state index in [1.807, 2.05) is 0 Å². The van der Waals surface area contributed by atoms with Crippen LogP contribution in [0.4, 0.5) is 4.39 Å². The Balaban J connectivity index is 2.49. The first-order valence-corrected chi connectivity index (χ1v) is 4.17.